The molecule has 102 valence electrons. The highest BCUT2D eigenvalue weighted by molar-refractivity contribution is 6.34. The summed E-state index contributed by atoms with van der Waals surface area (Å²) in [5.41, 5.74) is 0.162. The van der Waals surface area contributed by atoms with Gasteiger partial charge >= 0.3 is 0 Å². The maximum atomic E-state index is 12.3. The van der Waals surface area contributed by atoms with Gasteiger partial charge in [0.25, 0.3) is 11.6 Å². The van der Waals surface area contributed by atoms with Crippen molar-refractivity contribution < 1.29 is 14.5 Å². The van der Waals surface area contributed by atoms with Crippen LogP contribution < -0.4 is 0 Å². The average Bonchev–Trinajstić information content (AvgIpc) is 2.66. The third-order valence-electron chi connectivity index (χ3n) is 2.90. The van der Waals surface area contributed by atoms with E-state index in [4.69, 9.17) is 16.3 Å². The van der Waals surface area contributed by atoms with Crippen LogP contribution in [0.5, 0.6) is 0 Å². The van der Waals surface area contributed by atoms with Crippen molar-refractivity contribution in [2.24, 2.45) is 0 Å². The van der Waals surface area contributed by atoms with Gasteiger partial charge in [0.05, 0.1) is 22.1 Å². The number of rotatable bonds is 2. The van der Waals surface area contributed by atoms with Crippen molar-refractivity contribution in [1.82, 2.24) is 4.90 Å². The minimum Gasteiger partial charge on any atom is -0.380 e. The molecular weight excluding hydrogens is 272 g/mol. The summed E-state index contributed by atoms with van der Waals surface area (Å²) in [6.45, 7) is 2.24. The number of nitrogens with zero attached hydrogens (tertiary/aromatic N) is 2. The number of nitro benzene ring substituents is 1. The second kappa shape index (κ2) is 5.99. The van der Waals surface area contributed by atoms with E-state index in [1.54, 1.807) is 4.90 Å². The van der Waals surface area contributed by atoms with Crippen molar-refractivity contribution in [3.63, 3.8) is 0 Å². The summed E-state index contributed by atoms with van der Waals surface area (Å²) in [5, 5.41) is 10.7. The molecular formula is C12H13ClN2O4. The molecule has 0 radical (unpaired) electrons. The van der Waals surface area contributed by atoms with Gasteiger partial charge in [-0.1, -0.05) is 11.6 Å². The van der Waals surface area contributed by atoms with E-state index in [0.29, 0.717) is 26.3 Å². The van der Waals surface area contributed by atoms with Crippen LogP contribution in [0.1, 0.15) is 16.8 Å². The Kier molecular flexibility index (Phi) is 4.34. The zero-order chi connectivity index (χ0) is 13.8. The fourth-order valence-corrected chi connectivity index (χ4v) is 2.17. The molecule has 1 aromatic rings. The molecule has 0 spiro atoms. The summed E-state index contributed by atoms with van der Waals surface area (Å²) in [5.74, 6) is -0.217. The van der Waals surface area contributed by atoms with Crippen molar-refractivity contribution in [3.05, 3.63) is 38.9 Å². The third kappa shape index (κ3) is 3.21. The van der Waals surface area contributed by atoms with Gasteiger partial charge in [0.2, 0.25) is 0 Å². The number of carbonyl (C=O) groups excluding carboxylic acids is 1. The van der Waals surface area contributed by atoms with Crippen LogP contribution in [0.3, 0.4) is 0 Å². The largest absolute Gasteiger partial charge is 0.380 e. The lowest BCUT2D eigenvalue weighted by atomic mass is 10.1. The lowest BCUT2D eigenvalue weighted by Gasteiger charge is -2.20. The van der Waals surface area contributed by atoms with Gasteiger partial charge in [-0.05, 0) is 12.5 Å². The summed E-state index contributed by atoms with van der Waals surface area (Å²) < 4.78 is 5.28. The molecule has 0 atom stereocenters. The second-order valence-corrected chi connectivity index (χ2v) is 4.59. The van der Waals surface area contributed by atoms with Crippen LogP contribution in [-0.2, 0) is 4.74 Å². The molecule has 2 rings (SSSR count). The molecule has 0 aromatic heterocycles. The number of non-ortho nitro benzene ring substituents is 1. The van der Waals surface area contributed by atoms with Gasteiger partial charge in [0.1, 0.15) is 0 Å². The van der Waals surface area contributed by atoms with Gasteiger partial charge < -0.3 is 9.64 Å². The Morgan fingerprint density at radius 2 is 2.16 bits per heavy atom. The Morgan fingerprint density at radius 1 is 1.37 bits per heavy atom. The van der Waals surface area contributed by atoms with E-state index >= 15 is 0 Å². The highest BCUT2D eigenvalue weighted by Crippen LogP contribution is 2.24. The quantitative estimate of drug-likeness (QED) is 0.616. The first kappa shape index (κ1) is 13.8. The van der Waals surface area contributed by atoms with Gasteiger partial charge in [-0.25, -0.2) is 0 Å². The summed E-state index contributed by atoms with van der Waals surface area (Å²) >= 11 is 5.95. The fourth-order valence-electron chi connectivity index (χ4n) is 1.91. The average molecular weight is 285 g/mol. The van der Waals surface area contributed by atoms with Crippen molar-refractivity contribution in [2.75, 3.05) is 26.3 Å². The number of ether oxygens (including phenoxy) is 1. The summed E-state index contributed by atoms with van der Waals surface area (Å²) in [6.07, 6.45) is 0.774. The first-order valence-electron chi connectivity index (χ1n) is 5.90. The van der Waals surface area contributed by atoms with E-state index in [1.165, 1.54) is 18.2 Å². The van der Waals surface area contributed by atoms with Crippen LogP contribution in [0.25, 0.3) is 0 Å². The molecule has 0 bridgehead atoms. The molecule has 1 aliphatic heterocycles. The minimum absolute atomic E-state index is 0.101. The number of halogens is 1. The normalized spacial score (nSPS) is 15.9. The predicted octanol–water partition coefficient (Wildman–Crippen LogP) is 2.11. The molecule has 7 heteroatoms. The molecule has 1 aromatic carbocycles. The number of benzene rings is 1. The third-order valence-corrected chi connectivity index (χ3v) is 3.22. The first-order chi connectivity index (χ1) is 9.09. The number of hydrogen-bond donors (Lipinski definition) is 0. The van der Waals surface area contributed by atoms with Crippen molar-refractivity contribution >= 4 is 23.2 Å². The van der Waals surface area contributed by atoms with Crippen LogP contribution in [0.15, 0.2) is 18.2 Å². The lowest BCUT2D eigenvalue weighted by Crippen LogP contribution is -2.33. The first-order valence-corrected chi connectivity index (χ1v) is 6.28. The van der Waals surface area contributed by atoms with Crippen LogP contribution in [-0.4, -0.2) is 42.0 Å². The summed E-state index contributed by atoms with van der Waals surface area (Å²) in [4.78, 5) is 24.0. The SMILES string of the molecule is O=C(c1ccc([N+](=O)[O-])cc1Cl)N1CCCOCC1. The Bertz CT molecular complexity index is 499. The van der Waals surface area contributed by atoms with E-state index in [9.17, 15) is 14.9 Å². The fraction of sp³-hybridized carbons (Fsp3) is 0.417. The molecule has 1 fully saturated rings. The topological polar surface area (TPSA) is 72.7 Å². The summed E-state index contributed by atoms with van der Waals surface area (Å²) in [7, 11) is 0. The van der Waals surface area contributed by atoms with Crippen molar-refractivity contribution in [1.29, 1.82) is 0 Å². The maximum Gasteiger partial charge on any atom is 0.270 e. The molecule has 6 nitrogen and oxygen atoms in total. The highest BCUT2D eigenvalue weighted by atomic mass is 35.5. The molecule has 1 amide bonds. The van der Waals surface area contributed by atoms with Crippen LogP contribution in [0.2, 0.25) is 5.02 Å². The Labute approximate surface area is 115 Å². The van der Waals surface area contributed by atoms with Gasteiger partial charge in [-0.3, -0.25) is 14.9 Å². The Hall–Kier alpha value is -1.66. The number of amides is 1. The van der Waals surface area contributed by atoms with E-state index in [1.807, 2.05) is 0 Å². The Balaban J connectivity index is 2.20. The molecule has 1 saturated heterocycles. The van der Waals surface area contributed by atoms with Gasteiger partial charge in [-0.2, -0.15) is 0 Å². The van der Waals surface area contributed by atoms with Gasteiger partial charge in [0, 0.05) is 31.8 Å². The molecule has 0 aliphatic carbocycles. The molecule has 19 heavy (non-hydrogen) atoms. The standard InChI is InChI=1S/C12H13ClN2O4/c13-11-8-9(15(17)18)2-3-10(11)12(16)14-4-1-6-19-7-5-14/h2-3,8H,1,4-7H2. The minimum atomic E-state index is -0.542. The predicted molar refractivity (Wildman–Crippen MR) is 69.4 cm³/mol. The zero-order valence-electron chi connectivity index (χ0n) is 10.2. The van der Waals surface area contributed by atoms with Crippen molar-refractivity contribution in [3.8, 4) is 0 Å². The van der Waals surface area contributed by atoms with Crippen molar-refractivity contribution in [2.45, 2.75) is 6.42 Å². The van der Waals surface area contributed by atoms with Gasteiger partial charge in [-0.15, -0.1) is 0 Å². The zero-order valence-corrected chi connectivity index (χ0v) is 10.9. The second-order valence-electron chi connectivity index (χ2n) is 4.18. The van der Waals surface area contributed by atoms with E-state index in [-0.39, 0.29) is 22.2 Å². The molecule has 0 saturated carbocycles. The highest BCUT2D eigenvalue weighted by Gasteiger charge is 2.21. The maximum absolute atomic E-state index is 12.3. The monoisotopic (exact) mass is 284 g/mol. The molecule has 1 heterocycles. The molecule has 0 unspecified atom stereocenters. The Morgan fingerprint density at radius 3 is 2.84 bits per heavy atom. The van der Waals surface area contributed by atoms with E-state index in [2.05, 4.69) is 0 Å². The lowest BCUT2D eigenvalue weighted by molar-refractivity contribution is -0.384. The van der Waals surface area contributed by atoms with Crippen LogP contribution in [0, 0.1) is 10.1 Å². The summed E-state index contributed by atoms with van der Waals surface area (Å²) in [6, 6.07) is 3.88. The van der Waals surface area contributed by atoms with E-state index in [0.717, 1.165) is 6.42 Å². The smallest absolute Gasteiger partial charge is 0.270 e. The molecule has 0 N–H and O–H groups in total. The van der Waals surface area contributed by atoms with Crippen LogP contribution in [0.4, 0.5) is 5.69 Å². The van der Waals surface area contributed by atoms with Gasteiger partial charge in [0.15, 0.2) is 0 Å². The number of nitro groups is 1. The van der Waals surface area contributed by atoms with Crippen LogP contribution >= 0.6 is 11.6 Å². The number of carbonyl (C=O) groups is 1. The molecule has 1 aliphatic rings. The number of hydrogen-bond acceptors (Lipinski definition) is 4. The van der Waals surface area contributed by atoms with E-state index < -0.39 is 4.92 Å².